The number of hydrogen-bond acceptors (Lipinski definition) is 2. The van der Waals surface area contributed by atoms with Crippen molar-refractivity contribution >= 4 is 0 Å². The predicted octanol–water partition coefficient (Wildman–Crippen LogP) is 3.32. The second-order valence-electron chi connectivity index (χ2n) is 6.06. The van der Waals surface area contributed by atoms with Crippen LogP contribution in [0.1, 0.15) is 37.8 Å². The number of benzene rings is 1. The third-order valence-electron chi connectivity index (χ3n) is 3.69. The highest BCUT2D eigenvalue weighted by Crippen LogP contribution is 2.31. The van der Waals surface area contributed by atoms with E-state index in [0.717, 1.165) is 30.8 Å². The first-order valence-electron chi connectivity index (χ1n) is 6.48. The van der Waals surface area contributed by atoms with E-state index in [1.54, 1.807) is 0 Å². The van der Waals surface area contributed by atoms with Gasteiger partial charge in [0.05, 0.1) is 0 Å². The lowest BCUT2D eigenvalue weighted by atomic mass is 9.84. The quantitative estimate of drug-likeness (QED) is 0.847. The third kappa shape index (κ3) is 3.01. The van der Waals surface area contributed by atoms with Crippen LogP contribution < -0.4 is 0 Å². The fourth-order valence-electron chi connectivity index (χ4n) is 2.77. The number of nitrogens with zero attached hydrogens (tertiary/aromatic N) is 1. The first-order valence-corrected chi connectivity index (χ1v) is 6.48. The number of para-hydroxylation sites is 1. The van der Waals surface area contributed by atoms with Crippen molar-refractivity contribution in [2.75, 3.05) is 13.1 Å². The number of phenols is 1. The summed E-state index contributed by atoms with van der Waals surface area (Å²) < 4.78 is 0. The molecule has 0 atom stereocenters. The van der Waals surface area contributed by atoms with E-state index in [0.29, 0.717) is 11.2 Å². The molecule has 1 heterocycles. The van der Waals surface area contributed by atoms with E-state index in [2.05, 4.69) is 18.7 Å². The molecule has 17 heavy (non-hydrogen) atoms. The molecule has 0 bridgehead atoms. The maximum atomic E-state index is 10.0. The monoisotopic (exact) mass is 233 g/mol. The molecular formula is C15H23NO. The summed E-state index contributed by atoms with van der Waals surface area (Å²) in [6, 6.07) is 6.02. The minimum Gasteiger partial charge on any atom is -0.507 e. The summed E-state index contributed by atoms with van der Waals surface area (Å²) in [6.45, 7) is 9.76. The summed E-state index contributed by atoms with van der Waals surface area (Å²) in [5, 5.41) is 10.0. The average Bonchev–Trinajstić information content (AvgIpc) is 2.23. The third-order valence-corrected chi connectivity index (χ3v) is 3.69. The van der Waals surface area contributed by atoms with E-state index in [1.807, 2.05) is 25.1 Å². The van der Waals surface area contributed by atoms with E-state index < -0.39 is 0 Å². The van der Waals surface area contributed by atoms with E-state index in [-0.39, 0.29) is 0 Å². The lowest BCUT2D eigenvalue weighted by molar-refractivity contribution is 0.111. The van der Waals surface area contributed by atoms with E-state index in [1.165, 1.54) is 12.8 Å². The number of aryl methyl sites for hydroxylation is 1. The lowest BCUT2D eigenvalue weighted by Crippen LogP contribution is -2.39. The molecule has 1 aromatic carbocycles. The Morgan fingerprint density at radius 1 is 1.35 bits per heavy atom. The topological polar surface area (TPSA) is 23.5 Å². The first kappa shape index (κ1) is 12.4. The fraction of sp³-hybridized carbons (Fsp3) is 0.600. The number of piperidine rings is 1. The van der Waals surface area contributed by atoms with Crippen molar-refractivity contribution in [3.63, 3.8) is 0 Å². The van der Waals surface area contributed by atoms with Crippen molar-refractivity contribution < 1.29 is 5.11 Å². The summed E-state index contributed by atoms with van der Waals surface area (Å²) >= 11 is 0. The summed E-state index contributed by atoms with van der Waals surface area (Å²) in [5.41, 5.74) is 2.44. The van der Waals surface area contributed by atoms with Gasteiger partial charge in [-0.2, -0.15) is 0 Å². The van der Waals surface area contributed by atoms with Gasteiger partial charge in [-0.15, -0.1) is 0 Å². The zero-order valence-corrected chi connectivity index (χ0v) is 11.2. The van der Waals surface area contributed by atoms with Crippen molar-refractivity contribution in [3.05, 3.63) is 29.3 Å². The van der Waals surface area contributed by atoms with Gasteiger partial charge in [0, 0.05) is 18.7 Å². The molecule has 1 saturated heterocycles. The highest BCUT2D eigenvalue weighted by atomic mass is 16.3. The SMILES string of the molecule is Cc1cccc(CN2CCCC(C)(C)C2)c1O. The molecule has 0 radical (unpaired) electrons. The second kappa shape index (κ2) is 4.69. The molecule has 2 nitrogen and oxygen atoms in total. The molecule has 0 amide bonds. The molecule has 0 aliphatic carbocycles. The number of phenolic OH excluding ortho intramolecular Hbond substituents is 1. The minimum absolute atomic E-state index is 0.414. The standard InChI is InChI=1S/C15H23NO/c1-12-6-4-7-13(14(12)17)10-16-9-5-8-15(2,3)11-16/h4,6-7,17H,5,8-11H2,1-3H3. The van der Waals surface area contributed by atoms with Gasteiger partial charge >= 0.3 is 0 Å². The molecule has 1 N–H and O–H groups in total. The normalized spacial score (nSPS) is 20.4. The Bertz CT molecular complexity index is 398. The summed E-state index contributed by atoms with van der Waals surface area (Å²) in [4.78, 5) is 2.46. The molecule has 1 aliphatic rings. The van der Waals surface area contributed by atoms with Crippen LogP contribution in [0.25, 0.3) is 0 Å². The molecule has 1 fully saturated rings. The van der Waals surface area contributed by atoms with Crippen LogP contribution in [0.2, 0.25) is 0 Å². The van der Waals surface area contributed by atoms with Crippen LogP contribution in [-0.4, -0.2) is 23.1 Å². The van der Waals surface area contributed by atoms with Crippen molar-refractivity contribution in [1.29, 1.82) is 0 Å². The average molecular weight is 233 g/mol. The summed E-state index contributed by atoms with van der Waals surface area (Å²) in [5.74, 6) is 0.468. The van der Waals surface area contributed by atoms with Gasteiger partial charge in [-0.1, -0.05) is 32.0 Å². The van der Waals surface area contributed by atoms with Crippen molar-refractivity contribution in [3.8, 4) is 5.75 Å². The van der Waals surface area contributed by atoms with Gasteiger partial charge in [0.1, 0.15) is 5.75 Å². The Balaban J connectivity index is 2.08. The van der Waals surface area contributed by atoms with Gasteiger partial charge in [0.15, 0.2) is 0 Å². The number of likely N-dealkylation sites (tertiary alicyclic amines) is 1. The lowest BCUT2D eigenvalue weighted by Gasteiger charge is -2.38. The Morgan fingerprint density at radius 2 is 2.12 bits per heavy atom. The predicted molar refractivity (Wildman–Crippen MR) is 71.1 cm³/mol. The molecule has 0 spiro atoms. The number of hydrogen-bond donors (Lipinski definition) is 1. The van der Waals surface area contributed by atoms with Gasteiger partial charge in [0.25, 0.3) is 0 Å². The second-order valence-corrected chi connectivity index (χ2v) is 6.06. The van der Waals surface area contributed by atoms with E-state index in [9.17, 15) is 5.11 Å². The molecule has 1 aliphatic heterocycles. The highest BCUT2D eigenvalue weighted by molar-refractivity contribution is 5.39. The molecule has 1 aromatic rings. The van der Waals surface area contributed by atoms with Crippen LogP contribution in [0, 0.1) is 12.3 Å². The van der Waals surface area contributed by atoms with Gasteiger partial charge in [0.2, 0.25) is 0 Å². The largest absolute Gasteiger partial charge is 0.507 e. The first-order chi connectivity index (χ1) is 7.98. The maximum Gasteiger partial charge on any atom is 0.122 e. The van der Waals surface area contributed by atoms with Crippen LogP contribution >= 0.6 is 0 Å². The van der Waals surface area contributed by atoms with E-state index >= 15 is 0 Å². The minimum atomic E-state index is 0.414. The van der Waals surface area contributed by atoms with Crippen LogP contribution in [-0.2, 0) is 6.54 Å². The van der Waals surface area contributed by atoms with Crippen LogP contribution in [0.4, 0.5) is 0 Å². The molecule has 0 aromatic heterocycles. The molecule has 2 heteroatoms. The van der Waals surface area contributed by atoms with Crippen LogP contribution in [0.5, 0.6) is 5.75 Å². The smallest absolute Gasteiger partial charge is 0.122 e. The van der Waals surface area contributed by atoms with E-state index in [4.69, 9.17) is 0 Å². The number of rotatable bonds is 2. The molecule has 0 unspecified atom stereocenters. The summed E-state index contributed by atoms with van der Waals surface area (Å²) in [6.07, 6.45) is 2.57. The Morgan fingerprint density at radius 3 is 2.82 bits per heavy atom. The van der Waals surface area contributed by atoms with Crippen LogP contribution in [0.15, 0.2) is 18.2 Å². The van der Waals surface area contributed by atoms with Crippen molar-refractivity contribution in [1.82, 2.24) is 4.90 Å². The highest BCUT2D eigenvalue weighted by Gasteiger charge is 2.26. The molecule has 0 saturated carbocycles. The Hall–Kier alpha value is -1.02. The number of aromatic hydroxyl groups is 1. The van der Waals surface area contributed by atoms with Gasteiger partial charge in [-0.3, -0.25) is 4.90 Å². The van der Waals surface area contributed by atoms with Gasteiger partial charge in [-0.05, 0) is 37.3 Å². The molecule has 94 valence electrons. The van der Waals surface area contributed by atoms with Gasteiger partial charge in [-0.25, -0.2) is 0 Å². The van der Waals surface area contributed by atoms with Crippen LogP contribution in [0.3, 0.4) is 0 Å². The van der Waals surface area contributed by atoms with Gasteiger partial charge < -0.3 is 5.11 Å². The van der Waals surface area contributed by atoms with Crippen molar-refractivity contribution in [2.24, 2.45) is 5.41 Å². The molecule has 2 rings (SSSR count). The Kier molecular flexibility index (Phi) is 3.43. The van der Waals surface area contributed by atoms with Crippen molar-refractivity contribution in [2.45, 2.75) is 40.2 Å². The summed E-state index contributed by atoms with van der Waals surface area (Å²) in [7, 11) is 0. The fourth-order valence-corrected chi connectivity index (χ4v) is 2.77. The Labute approximate surface area is 104 Å². The zero-order valence-electron chi connectivity index (χ0n) is 11.2. The zero-order chi connectivity index (χ0) is 12.5. The maximum absolute atomic E-state index is 10.0. The molecular weight excluding hydrogens is 210 g/mol.